The summed E-state index contributed by atoms with van der Waals surface area (Å²) in [6, 6.07) is 12.4. The molecule has 2 N–H and O–H groups in total. The minimum atomic E-state index is 0.580. The summed E-state index contributed by atoms with van der Waals surface area (Å²) in [5.41, 5.74) is 1.23. The Labute approximate surface area is 162 Å². The fourth-order valence-electron chi connectivity index (χ4n) is 3.41. The predicted molar refractivity (Wildman–Crippen MR) is 112 cm³/mol. The summed E-state index contributed by atoms with van der Waals surface area (Å²) < 4.78 is 7.51. The zero-order chi connectivity index (χ0) is 18.9. The van der Waals surface area contributed by atoms with Gasteiger partial charge in [0, 0.05) is 63.4 Å². The summed E-state index contributed by atoms with van der Waals surface area (Å²) >= 11 is 0. The van der Waals surface area contributed by atoms with Crippen molar-refractivity contribution in [2.24, 2.45) is 10.9 Å². The first-order chi connectivity index (χ1) is 13.3. The molecule has 0 spiro atoms. The van der Waals surface area contributed by atoms with Crippen molar-refractivity contribution in [2.75, 3.05) is 44.7 Å². The molecule has 3 rings (SSSR count). The minimum absolute atomic E-state index is 0.580. The Kier molecular flexibility index (Phi) is 7.02. The van der Waals surface area contributed by atoms with E-state index < -0.39 is 0 Å². The average Bonchev–Trinajstić information content (AvgIpc) is 3.38. The molecule has 146 valence electrons. The van der Waals surface area contributed by atoms with Gasteiger partial charge in [-0.3, -0.25) is 4.99 Å². The molecular formula is C21H31N5O. The van der Waals surface area contributed by atoms with E-state index in [9.17, 15) is 0 Å². The number of aromatic nitrogens is 1. The van der Waals surface area contributed by atoms with E-state index in [0.29, 0.717) is 5.92 Å². The zero-order valence-corrected chi connectivity index (χ0v) is 16.4. The van der Waals surface area contributed by atoms with Crippen LogP contribution in [0, 0.1) is 5.92 Å². The number of hydrogen-bond acceptors (Lipinski definition) is 3. The Balaban J connectivity index is 1.48. The van der Waals surface area contributed by atoms with E-state index in [1.54, 1.807) is 7.11 Å². The molecule has 2 heterocycles. The molecule has 1 aromatic heterocycles. The number of ether oxygens (including phenoxy) is 1. The topological polar surface area (TPSA) is 53.8 Å². The molecule has 6 heteroatoms. The van der Waals surface area contributed by atoms with E-state index in [-0.39, 0.29) is 0 Å². The highest BCUT2D eigenvalue weighted by Crippen LogP contribution is 2.26. The fraction of sp³-hybridized carbons (Fsp3) is 0.476. The number of benzene rings is 1. The van der Waals surface area contributed by atoms with Crippen molar-refractivity contribution < 1.29 is 4.74 Å². The van der Waals surface area contributed by atoms with Gasteiger partial charge in [-0.15, -0.1) is 0 Å². The van der Waals surface area contributed by atoms with E-state index in [2.05, 4.69) is 57.6 Å². The summed E-state index contributed by atoms with van der Waals surface area (Å²) in [5, 5.41) is 6.77. The second-order valence-corrected chi connectivity index (χ2v) is 6.87. The van der Waals surface area contributed by atoms with Crippen LogP contribution in [0.25, 0.3) is 0 Å². The van der Waals surface area contributed by atoms with Crippen LogP contribution < -0.4 is 20.3 Å². The summed E-state index contributed by atoms with van der Waals surface area (Å²) in [7, 11) is 1.71. The van der Waals surface area contributed by atoms with E-state index in [0.717, 1.165) is 51.0 Å². The molecule has 1 atom stereocenters. The molecule has 1 aliphatic rings. The van der Waals surface area contributed by atoms with Crippen molar-refractivity contribution in [3.05, 3.63) is 48.8 Å². The first kappa shape index (κ1) is 19.1. The highest BCUT2D eigenvalue weighted by Gasteiger charge is 2.22. The molecule has 6 nitrogen and oxygen atoms in total. The molecule has 1 fully saturated rings. The summed E-state index contributed by atoms with van der Waals surface area (Å²) in [5.74, 6) is 2.40. The number of aliphatic imine (C=N–C) groups is 1. The summed E-state index contributed by atoms with van der Waals surface area (Å²) in [6.45, 7) is 7.73. The molecule has 27 heavy (non-hydrogen) atoms. The van der Waals surface area contributed by atoms with Crippen molar-refractivity contribution in [1.29, 1.82) is 0 Å². The third kappa shape index (κ3) is 5.67. The predicted octanol–water partition coefficient (Wildman–Crippen LogP) is 2.58. The number of nitrogens with one attached hydrogen (secondary N) is 2. The maximum absolute atomic E-state index is 5.34. The summed E-state index contributed by atoms with van der Waals surface area (Å²) in [6.07, 6.45) is 5.33. The third-order valence-corrected chi connectivity index (χ3v) is 4.88. The van der Waals surface area contributed by atoms with Crippen LogP contribution in [0.3, 0.4) is 0 Å². The average molecular weight is 370 g/mol. The fourth-order valence-corrected chi connectivity index (χ4v) is 3.41. The van der Waals surface area contributed by atoms with Gasteiger partial charge in [-0.1, -0.05) is 6.07 Å². The van der Waals surface area contributed by atoms with Gasteiger partial charge in [-0.05, 0) is 43.5 Å². The smallest absolute Gasteiger partial charge is 0.191 e. The van der Waals surface area contributed by atoms with Gasteiger partial charge in [0.2, 0.25) is 0 Å². The van der Waals surface area contributed by atoms with Crippen LogP contribution in [0.1, 0.15) is 13.3 Å². The van der Waals surface area contributed by atoms with Crippen molar-refractivity contribution in [1.82, 2.24) is 15.2 Å². The lowest BCUT2D eigenvalue weighted by atomic mass is 10.1. The van der Waals surface area contributed by atoms with Crippen LogP contribution in [0.5, 0.6) is 5.75 Å². The Hall–Kier alpha value is -2.63. The van der Waals surface area contributed by atoms with Crippen LogP contribution in [0.4, 0.5) is 5.69 Å². The first-order valence-electron chi connectivity index (χ1n) is 9.80. The van der Waals surface area contributed by atoms with Gasteiger partial charge >= 0.3 is 0 Å². The quantitative estimate of drug-likeness (QED) is 0.555. The number of hydrogen-bond donors (Lipinski definition) is 2. The van der Waals surface area contributed by atoms with Gasteiger partial charge in [0.1, 0.15) is 5.75 Å². The van der Waals surface area contributed by atoms with Crippen LogP contribution in [0.15, 0.2) is 53.8 Å². The molecule has 0 saturated carbocycles. The van der Waals surface area contributed by atoms with Crippen molar-refractivity contribution >= 4 is 11.6 Å². The molecule has 1 aromatic carbocycles. The third-order valence-electron chi connectivity index (χ3n) is 4.88. The van der Waals surface area contributed by atoms with Crippen LogP contribution >= 0.6 is 0 Å². The highest BCUT2D eigenvalue weighted by molar-refractivity contribution is 5.79. The number of guanidine groups is 1. The van der Waals surface area contributed by atoms with Gasteiger partial charge in [-0.2, -0.15) is 0 Å². The molecule has 1 unspecified atom stereocenters. The second kappa shape index (κ2) is 9.90. The zero-order valence-electron chi connectivity index (χ0n) is 16.4. The lowest BCUT2D eigenvalue weighted by Crippen LogP contribution is -2.39. The monoisotopic (exact) mass is 369 g/mol. The lowest BCUT2D eigenvalue weighted by molar-refractivity contribution is 0.415. The lowest BCUT2D eigenvalue weighted by Gasteiger charge is -2.19. The molecule has 2 aromatic rings. The molecule has 1 aliphatic heterocycles. The number of methoxy groups -OCH3 is 1. The van der Waals surface area contributed by atoms with E-state index in [4.69, 9.17) is 9.73 Å². The van der Waals surface area contributed by atoms with Gasteiger partial charge < -0.3 is 24.8 Å². The highest BCUT2D eigenvalue weighted by atomic mass is 16.5. The van der Waals surface area contributed by atoms with Gasteiger partial charge in [-0.25, -0.2) is 0 Å². The van der Waals surface area contributed by atoms with Crippen molar-refractivity contribution in [3.8, 4) is 5.75 Å². The van der Waals surface area contributed by atoms with Crippen molar-refractivity contribution in [2.45, 2.75) is 19.9 Å². The number of rotatable bonds is 8. The van der Waals surface area contributed by atoms with Crippen LogP contribution in [-0.2, 0) is 6.54 Å². The molecule has 0 bridgehead atoms. The van der Waals surface area contributed by atoms with Gasteiger partial charge in [0.25, 0.3) is 0 Å². The van der Waals surface area contributed by atoms with E-state index in [1.165, 1.54) is 12.1 Å². The second-order valence-electron chi connectivity index (χ2n) is 6.87. The number of nitrogens with zero attached hydrogens (tertiary/aromatic N) is 3. The van der Waals surface area contributed by atoms with Crippen molar-refractivity contribution in [3.63, 3.8) is 0 Å². The van der Waals surface area contributed by atoms with Gasteiger partial charge in [0.15, 0.2) is 5.96 Å². The Morgan fingerprint density at radius 1 is 1.22 bits per heavy atom. The molecular weight excluding hydrogens is 338 g/mol. The maximum Gasteiger partial charge on any atom is 0.191 e. The number of anilines is 1. The molecule has 1 saturated heterocycles. The Morgan fingerprint density at radius 3 is 2.85 bits per heavy atom. The Bertz CT molecular complexity index is 713. The largest absolute Gasteiger partial charge is 0.497 e. The van der Waals surface area contributed by atoms with E-state index in [1.807, 2.05) is 18.2 Å². The maximum atomic E-state index is 5.34. The first-order valence-corrected chi connectivity index (χ1v) is 9.80. The standard InChI is InChI=1S/C21H31N5O/c1-3-22-21(23-10-14-25-11-4-5-12-25)24-16-18-9-13-26(17-18)19-7-6-8-20(15-19)27-2/h4-8,11-12,15,18H,3,9-10,13-14,16-17H2,1-2H3,(H2,22,23,24). The Morgan fingerprint density at radius 2 is 2.07 bits per heavy atom. The summed E-state index contributed by atoms with van der Waals surface area (Å²) in [4.78, 5) is 7.24. The van der Waals surface area contributed by atoms with Crippen LogP contribution in [-0.4, -0.2) is 50.4 Å². The van der Waals surface area contributed by atoms with Gasteiger partial charge in [0.05, 0.1) is 7.11 Å². The SMILES string of the molecule is CCNC(=NCC1CCN(c2cccc(OC)c2)C1)NCCn1cccc1. The molecule has 0 radical (unpaired) electrons. The minimum Gasteiger partial charge on any atom is -0.497 e. The van der Waals surface area contributed by atoms with Crippen LogP contribution in [0.2, 0.25) is 0 Å². The normalized spacial score (nSPS) is 17.2. The molecule has 0 amide bonds. The van der Waals surface area contributed by atoms with E-state index >= 15 is 0 Å². The molecule has 0 aliphatic carbocycles.